The Balaban J connectivity index is 2.04. The number of thiazole rings is 1. The van der Waals surface area contributed by atoms with E-state index < -0.39 is 0 Å². The van der Waals surface area contributed by atoms with Crippen molar-refractivity contribution in [3.05, 3.63) is 44.4 Å². The molecule has 17 heavy (non-hydrogen) atoms. The molecular weight excluding hydrogens is 252 g/mol. The number of rotatable bonds is 3. The van der Waals surface area contributed by atoms with Gasteiger partial charge in [0, 0.05) is 11.3 Å². The normalized spacial score (nSPS) is 10.8. The minimum Gasteiger partial charge on any atom is -0.398 e. The fourth-order valence-corrected chi connectivity index (χ4v) is 2.70. The van der Waals surface area contributed by atoms with Crippen molar-refractivity contribution in [2.45, 2.75) is 26.7 Å². The second-order valence-corrected chi connectivity index (χ2v) is 5.80. The Morgan fingerprint density at radius 3 is 2.65 bits per heavy atom. The van der Waals surface area contributed by atoms with Crippen LogP contribution in [0.1, 0.15) is 21.1 Å². The van der Waals surface area contributed by atoms with Gasteiger partial charge in [-0.1, -0.05) is 17.7 Å². The number of aromatic nitrogens is 1. The lowest BCUT2D eigenvalue weighted by atomic mass is 10.1. The van der Waals surface area contributed by atoms with Gasteiger partial charge >= 0.3 is 0 Å². The van der Waals surface area contributed by atoms with Crippen molar-refractivity contribution >= 4 is 28.6 Å². The van der Waals surface area contributed by atoms with Gasteiger partial charge in [0.1, 0.15) is 0 Å². The van der Waals surface area contributed by atoms with E-state index in [1.165, 1.54) is 15.4 Å². The fourth-order valence-electron chi connectivity index (χ4n) is 1.65. The Morgan fingerprint density at radius 2 is 2.06 bits per heavy atom. The first-order valence-electron chi connectivity index (χ1n) is 5.53. The summed E-state index contributed by atoms with van der Waals surface area (Å²) in [7, 11) is 0. The third-order valence-corrected chi connectivity index (χ3v) is 4.24. The highest BCUT2D eigenvalue weighted by Gasteiger charge is 2.04. The highest BCUT2D eigenvalue weighted by atomic mass is 35.5. The second-order valence-electron chi connectivity index (χ2n) is 4.11. The van der Waals surface area contributed by atoms with Crippen LogP contribution in [0.4, 0.5) is 5.69 Å². The van der Waals surface area contributed by atoms with Crippen molar-refractivity contribution in [3.8, 4) is 0 Å². The molecule has 90 valence electrons. The SMILES string of the molecule is Cc1nc(CCc2ccc(Cl)c(N)c2)sc1C. The Hall–Kier alpha value is -1.06. The number of benzene rings is 1. The van der Waals surface area contributed by atoms with Gasteiger partial charge in [0.15, 0.2) is 0 Å². The number of hydrogen-bond acceptors (Lipinski definition) is 3. The van der Waals surface area contributed by atoms with Crippen molar-refractivity contribution in [2.24, 2.45) is 0 Å². The van der Waals surface area contributed by atoms with Crippen LogP contribution >= 0.6 is 22.9 Å². The van der Waals surface area contributed by atoms with Gasteiger partial charge in [-0.25, -0.2) is 4.98 Å². The number of nitrogens with zero attached hydrogens (tertiary/aromatic N) is 1. The monoisotopic (exact) mass is 266 g/mol. The van der Waals surface area contributed by atoms with Crippen LogP contribution in [0.3, 0.4) is 0 Å². The average molecular weight is 267 g/mol. The largest absolute Gasteiger partial charge is 0.398 e. The molecule has 1 aromatic heterocycles. The summed E-state index contributed by atoms with van der Waals surface area (Å²) < 4.78 is 0. The molecule has 0 saturated heterocycles. The van der Waals surface area contributed by atoms with Gasteiger partial charge in [0.25, 0.3) is 0 Å². The van der Waals surface area contributed by atoms with Crippen LogP contribution in [-0.4, -0.2) is 4.98 Å². The predicted octanol–water partition coefficient (Wildman–Crippen LogP) is 3.78. The van der Waals surface area contributed by atoms with Gasteiger partial charge in [-0.2, -0.15) is 0 Å². The first kappa shape index (κ1) is 12.4. The zero-order chi connectivity index (χ0) is 12.4. The zero-order valence-corrected chi connectivity index (χ0v) is 11.5. The molecule has 0 fully saturated rings. The Bertz CT molecular complexity index is 515. The molecule has 0 aliphatic carbocycles. The second kappa shape index (κ2) is 5.07. The molecule has 4 heteroatoms. The van der Waals surface area contributed by atoms with E-state index in [-0.39, 0.29) is 0 Å². The van der Waals surface area contributed by atoms with Crippen LogP contribution in [0, 0.1) is 13.8 Å². The van der Waals surface area contributed by atoms with Crippen molar-refractivity contribution in [1.82, 2.24) is 4.98 Å². The van der Waals surface area contributed by atoms with E-state index in [2.05, 4.69) is 18.8 Å². The summed E-state index contributed by atoms with van der Waals surface area (Å²) in [4.78, 5) is 5.83. The minimum absolute atomic E-state index is 0.620. The molecule has 0 aliphatic rings. The molecule has 0 unspecified atom stereocenters. The van der Waals surface area contributed by atoms with E-state index in [0.717, 1.165) is 18.5 Å². The zero-order valence-electron chi connectivity index (χ0n) is 9.96. The number of halogens is 1. The van der Waals surface area contributed by atoms with Gasteiger partial charge < -0.3 is 5.73 Å². The minimum atomic E-state index is 0.620. The molecule has 0 atom stereocenters. The highest BCUT2D eigenvalue weighted by molar-refractivity contribution is 7.11. The maximum atomic E-state index is 5.89. The summed E-state index contributed by atoms with van der Waals surface area (Å²) >= 11 is 7.66. The van der Waals surface area contributed by atoms with Crippen LogP contribution in [-0.2, 0) is 12.8 Å². The van der Waals surface area contributed by atoms with Crippen molar-refractivity contribution in [1.29, 1.82) is 0 Å². The Kier molecular flexibility index (Phi) is 3.69. The van der Waals surface area contributed by atoms with E-state index in [4.69, 9.17) is 17.3 Å². The molecule has 2 rings (SSSR count). The van der Waals surface area contributed by atoms with Crippen molar-refractivity contribution in [2.75, 3.05) is 5.73 Å². The van der Waals surface area contributed by atoms with Gasteiger partial charge in [0.2, 0.25) is 0 Å². The standard InChI is InChI=1S/C13H15ClN2S/c1-8-9(2)17-13(16-8)6-4-10-3-5-11(14)12(15)7-10/h3,5,7H,4,6,15H2,1-2H3. The number of nitrogen functional groups attached to an aromatic ring is 1. The summed E-state index contributed by atoms with van der Waals surface area (Å²) in [6.45, 7) is 4.16. The molecule has 2 aromatic rings. The van der Waals surface area contributed by atoms with Gasteiger partial charge in [0.05, 0.1) is 21.4 Å². The lowest BCUT2D eigenvalue weighted by Crippen LogP contribution is -1.93. The van der Waals surface area contributed by atoms with E-state index in [0.29, 0.717) is 10.7 Å². The van der Waals surface area contributed by atoms with E-state index in [9.17, 15) is 0 Å². The molecule has 2 N–H and O–H groups in total. The van der Waals surface area contributed by atoms with Gasteiger partial charge in [-0.3, -0.25) is 0 Å². The van der Waals surface area contributed by atoms with Crippen LogP contribution in [0.15, 0.2) is 18.2 Å². The van der Waals surface area contributed by atoms with E-state index >= 15 is 0 Å². The molecule has 0 saturated carbocycles. The fraction of sp³-hybridized carbons (Fsp3) is 0.308. The van der Waals surface area contributed by atoms with Gasteiger partial charge in [-0.15, -0.1) is 11.3 Å². The number of anilines is 1. The van der Waals surface area contributed by atoms with Crippen LogP contribution in [0.2, 0.25) is 5.02 Å². The molecule has 1 heterocycles. The summed E-state index contributed by atoms with van der Waals surface area (Å²) in [5.74, 6) is 0. The molecule has 0 amide bonds. The van der Waals surface area contributed by atoms with Crippen LogP contribution in [0.5, 0.6) is 0 Å². The summed E-state index contributed by atoms with van der Waals surface area (Å²) in [6, 6.07) is 5.81. The Labute approximate surface area is 110 Å². The first-order valence-corrected chi connectivity index (χ1v) is 6.72. The van der Waals surface area contributed by atoms with Crippen molar-refractivity contribution < 1.29 is 0 Å². The third kappa shape index (κ3) is 2.99. The van der Waals surface area contributed by atoms with Crippen LogP contribution < -0.4 is 5.73 Å². The highest BCUT2D eigenvalue weighted by Crippen LogP contribution is 2.22. The summed E-state index contributed by atoms with van der Waals surface area (Å²) in [5, 5.41) is 1.81. The van der Waals surface area contributed by atoms with E-state index in [1.807, 2.05) is 18.2 Å². The third-order valence-electron chi connectivity index (χ3n) is 2.76. The number of hydrogen-bond donors (Lipinski definition) is 1. The molecular formula is C13H15ClN2S. The molecule has 2 nitrogen and oxygen atoms in total. The maximum absolute atomic E-state index is 5.89. The maximum Gasteiger partial charge on any atom is 0.0934 e. The topological polar surface area (TPSA) is 38.9 Å². The molecule has 0 spiro atoms. The first-order chi connectivity index (χ1) is 8.06. The summed E-state index contributed by atoms with van der Waals surface area (Å²) in [6.07, 6.45) is 1.91. The van der Waals surface area contributed by atoms with Crippen molar-refractivity contribution in [3.63, 3.8) is 0 Å². The quantitative estimate of drug-likeness (QED) is 0.859. The Morgan fingerprint density at radius 1 is 1.29 bits per heavy atom. The molecule has 0 radical (unpaired) electrons. The lowest BCUT2D eigenvalue weighted by Gasteiger charge is -2.02. The van der Waals surface area contributed by atoms with Crippen LogP contribution in [0.25, 0.3) is 0 Å². The molecule has 1 aromatic carbocycles. The number of nitrogens with two attached hydrogens (primary N) is 1. The lowest BCUT2D eigenvalue weighted by molar-refractivity contribution is 0.936. The average Bonchev–Trinajstić information content (AvgIpc) is 2.60. The number of aryl methyl sites for hydroxylation is 4. The van der Waals surface area contributed by atoms with Gasteiger partial charge in [-0.05, 0) is 38.0 Å². The molecule has 0 aliphatic heterocycles. The smallest absolute Gasteiger partial charge is 0.0934 e. The van der Waals surface area contributed by atoms with E-state index in [1.54, 1.807) is 11.3 Å². The summed E-state index contributed by atoms with van der Waals surface area (Å²) in [5.41, 5.74) is 8.77. The molecule has 0 bridgehead atoms. The predicted molar refractivity (Wildman–Crippen MR) is 74.9 cm³/mol.